The van der Waals surface area contributed by atoms with E-state index in [2.05, 4.69) is 36.0 Å². The lowest BCUT2D eigenvalue weighted by atomic mass is 10.2. The van der Waals surface area contributed by atoms with Gasteiger partial charge in [0.15, 0.2) is 0 Å². The lowest BCUT2D eigenvalue weighted by Gasteiger charge is -2.35. The van der Waals surface area contributed by atoms with Crippen molar-refractivity contribution in [1.29, 1.82) is 0 Å². The van der Waals surface area contributed by atoms with Gasteiger partial charge >= 0.3 is 0 Å². The minimum absolute atomic E-state index is 0.617. The average Bonchev–Trinajstić information content (AvgIpc) is 3.00. The molecule has 3 aromatic rings. The SMILES string of the molecule is Cc1nnc(CN2CCN(c3ncnc4ccccc34)CC2)o1. The Bertz CT molecular complexity index is 804. The second-order valence-corrected chi connectivity index (χ2v) is 5.69. The first-order valence-corrected chi connectivity index (χ1v) is 7.75. The zero-order valence-electron chi connectivity index (χ0n) is 13.0. The number of aromatic nitrogens is 4. The summed E-state index contributed by atoms with van der Waals surface area (Å²) < 4.78 is 5.46. The van der Waals surface area contributed by atoms with Crippen LogP contribution in [-0.2, 0) is 6.54 Å². The number of hydrogen-bond donors (Lipinski definition) is 0. The topological polar surface area (TPSA) is 71.2 Å². The maximum atomic E-state index is 5.46. The van der Waals surface area contributed by atoms with Gasteiger partial charge in [0.25, 0.3) is 0 Å². The molecule has 0 amide bonds. The van der Waals surface area contributed by atoms with E-state index in [-0.39, 0.29) is 0 Å². The summed E-state index contributed by atoms with van der Waals surface area (Å²) in [5, 5.41) is 9.05. The number of benzene rings is 1. The first kappa shape index (κ1) is 14.1. The predicted molar refractivity (Wildman–Crippen MR) is 86.1 cm³/mol. The van der Waals surface area contributed by atoms with Crippen LogP contribution in [0.4, 0.5) is 5.82 Å². The van der Waals surface area contributed by atoms with Gasteiger partial charge in [-0.25, -0.2) is 9.97 Å². The van der Waals surface area contributed by atoms with Crippen molar-refractivity contribution in [2.24, 2.45) is 0 Å². The minimum atomic E-state index is 0.617. The van der Waals surface area contributed by atoms with Gasteiger partial charge in [0.05, 0.1) is 12.1 Å². The van der Waals surface area contributed by atoms with Gasteiger partial charge in [-0.3, -0.25) is 4.90 Å². The van der Waals surface area contributed by atoms with Gasteiger partial charge in [0.2, 0.25) is 11.8 Å². The van der Waals surface area contributed by atoms with Crippen molar-refractivity contribution >= 4 is 16.7 Å². The number of aryl methyl sites for hydroxylation is 1. The van der Waals surface area contributed by atoms with E-state index in [9.17, 15) is 0 Å². The Kier molecular flexibility index (Phi) is 3.63. The zero-order chi connectivity index (χ0) is 15.6. The van der Waals surface area contributed by atoms with Crippen molar-refractivity contribution in [1.82, 2.24) is 25.1 Å². The number of anilines is 1. The standard InChI is InChI=1S/C16H18N6O/c1-12-19-20-15(23-12)10-21-6-8-22(9-7-21)16-13-4-2-3-5-14(13)17-11-18-16/h2-5,11H,6-10H2,1H3. The highest BCUT2D eigenvalue weighted by atomic mass is 16.4. The third kappa shape index (κ3) is 2.87. The zero-order valence-corrected chi connectivity index (χ0v) is 13.0. The van der Waals surface area contributed by atoms with Crippen LogP contribution < -0.4 is 4.90 Å². The molecule has 0 bridgehead atoms. The van der Waals surface area contributed by atoms with Gasteiger partial charge in [0, 0.05) is 38.5 Å². The molecule has 3 heterocycles. The predicted octanol–water partition coefficient (Wildman–Crippen LogP) is 1.64. The Morgan fingerprint density at radius 2 is 1.87 bits per heavy atom. The van der Waals surface area contributed by atoms with Gasteiger partial charge in [-0.05, 0) is 12.1 Å². The third-order valence-corrected chi connectivity index (χ3v) is 4.12. The van der Waals surface area contributed by atoms with Crippen molar-refractivity contribution in [2.75, 3.05) is 31.1 Å². The van der Waals surface area contributed by atoms with E-state index < -0.39 is 0 Å². The molecule has 1 aliphatic heterocycles. The molecule has 2 aromatic heterocycles. The highest BCUT2D eigenvalue weighted by Crippen LogP contribution is 2.23. The van der Waals surface area contributed by atoms with Crippen molar-refractivity contribution in [3.05, 3.63) is 42.4 Å². The van der Waals surface area contributed by atoms with Gasteiger partial charge in [0.1, 0.15) is 12.1 Å². The van der Waals surface area contributed by atoms with Crippen LogP contribution in [0, 0.1) is 6.92 Å². The molecule has 23 heavy (non-hydrogen) atoms. The quantitative estimate of drug-likeness (QED) is 0.728. The summed E-state index contributed by atoms with van der Waals surface area (Å²) in [6, 6.07) is 8.14. The molecule has 7 nitrogen and oxygen atoms in total. The number of nitrogens with zero attached hydrogens (tertiary/aromatic N) is 6. The second-order valence-electron chi connectivity index (χ2n) is 5.69. The Morgan fingerprint density at radius 3 is 2.65 bits per heavy atom. The Labute approximate surface area is 134 Å². The number of rotatable bonds is 3. The fourth-order valence-corrected chi connectivity index (χ4v) is 2.95. The highest BCUT2D eigenvalue weighted by Gasteiger charge is 2.21. The van der Waals surface area contributed by atoms with E-state index in [1.54, 1.807) is 6.33 Å². The number of fused-ring (bicyclic) bond motifs is 1. The molecule has 0 aliphatic carbocycles. The van der Waals surface area contributed by atoms with Gasteiger partial charge < -0.3 is 9.32 Å². The Balaban J connectivity index is 1.46. The summed E-state index contributed by atoms with van der Waals surface area (Å²) in [4.78, 5) is 13.5. The fourth-order valence-electron chi connectivity index (χ4n) is 2.95. The molecule has 0 atom stereocenters. The summed E-state index contributed by atoms with van der Waals surface area (Å²) in [6.45, 7) is 6.26. The molecule has 0 N–H and O–H groups in total. The van der Waals surface area contributed by atoms with Crippen LogP contribution in [0.1, 0.15) is 11.8 Å². The fraction of sp³-hybridized carbons (Fsp3) is 0.375. The van der Waals surface area contributed by atoms with Crippen LogP contribution in [0.5, 0.6) is 0 Å². The summed E-state index contributed by atoms with van der Waals surface area (Å²) in [7, 11) is 0. The lowest BCUT2D eigenvalue weighted by Crippen LogP contribution is -2.46. The molecule has 0 spiro atoms. The Hall–Kier alpha value is -2.54. The number of hydrogen-bond acceptors (Lipinski definition) is 7. The van der Waals surface area contributed by atoms with E-state index in [0.717, 1.165) is 42.9 Å². The summed E-state index contributed by atoms with van der Waals surface area (Å²) >= 11 is 0. The van der Waals surface area contributed by atoms with E-state index in [0.29, 0.717) is 18.3 Å². The highest BCUT2D eigenvalue weighted by molar-refractivity contribution is 5.89. The molecule has 1 fully saturated rings. The minimum Gasteiger partial charge on any atom is -0.424 e. The van der Waals surface area contributed by atoms with Crippen LogP contribution in [0.25, 0.3) is 10.9 Å². The largest absolute Gasteiger partial charge is 0.424 e. The van der Waals surface area contributed by atoms with E-state index >= 15 is 0 Å². The molecule has 0 radical (unpaired) electrons. The van der Waals surface area contributed by atoms with Crippen LogP contribution in [-0.4, -0.2) is 51.2 Å². The maximum absolute atomic E-state index is 5.46. The molecule has 1 aliphatic rings. The van der Waals surface area contributed by atoms with E-state index in [1.165, 1.54) is 0 Å². The maximum Gasteiger partial charge on any atom is 0.230 e. The normalized spacial score (nSPS) is 16.1. The third-order valence-electron chi connectivity index (χ3n) is 4.12. The van der Waals surface area contributed by atoms with Crippen LogP contribution in [0.2, 0.25) is 0 Å². The molecular weight excluding hydrogens is 292 g/mol. The molecule has 1 aromatic carbocycles. The van der Waals surface area contributed by atoms with Crippen LogP contribution in [0.15, 0.2) is 35.0 Å². The average molecular weight is 310 g/mol. The van der Waals surface area contributed by atoms with Crippen molar-refractivity contribution in [3.8, 4) is 0 Å². The summed E-state index contributed by atoms with van der Waals surface area (Å²) in [6.07, 6.45) is 1.64. The van der Waals surface area contributed by atoms with Crippen LogP contribution in [0.3, 0.4) is 0 Å². The van der Waals surface area contributed by atoms with Crippen molar-refractivity contribution < 1.29 is 4.42 Å². The van der Waals surface area contributed by atoms with Gasteiger partial charge in [-0.15, -0.1) is 10.2 Å². The van der Waals surface area contributed by atoms with E-state index in [1.807, 2.05) is 25.1 Å². The molecular formula is C16H18N6O. The Morgan fingerprint density at radius 1 is 1.04 bits per heavy atom. The molecule has 118 valence electrons. The summed E-state index contributed by atoms with van der Waals surface area (Å²) in [5.74, 6) is 2.32. The number of para-hydroxylation sites is 1. The smallest absolute Gasteiger partial charge is 0.230 e. The molecule has 1 saturated heterocycles. The first-order valence-electron chi connectivity index (χ1n) is 7.75. The van der Waals surface area contributed by atoms with Crippen LogP contribution >= 0.6 is 0 Å². The molecule has 0 unspecified atom stereocenters. The first-order chi connectivity index (χ1) is 11.3. The van der Waals surface area contributed by atoms with Gasteiger partial charge in [-0.1, -0.05) is 12.1 Å². The monoisotopic (exact) mass is 310 g/mol. The van der Waals surface area contributed by atoms with E-state index in [4.69, 9.17) is 4.42 Å². The molecule has 7 heteroatoms. The van der Waals surface area contributed by atoms with Crippen molar-refractivity contribution in [2.45, 2.75) is 13.5 Å². The summed E-state index contributed by atoms with van der Waals surface area (Å²) in [5.41, 5.74) is 0.987. The lowest BCUT2D eigenvalue weighted by molar-refractivity contribution is 0.224. The molecule has 0 saturated carbocycles. The molecule has 4 rings (SSSR count). The second kappa shape index (κ2) is 5.92. The van der Waals surface area contributed by atoms with Crippen molar-refractivity contribution in [3.63, 3.8) is 0 Å². The van der Waals surface area contributed by atoms with Gasteiger partial charge in [-0.2, -0.15) is 0 Å². The number of piperazine rings is 1.